The van der Waals surface area contributed by atoms with Crippen LogP contribution in [0.1, 0.15) is 73.1 Å². The lowest BCUT2D eigenvalue weighted by Crippen LogP contribution is -2.41. The first-order chi connectivity index (χ1) is 11.3. The summed E-state index contributed by atoms with van der Waals surface area (Å²) in [6.07, 6.45) is 7.86. The fraction of sp³-hybridized carbons (Fsp3) is 0.952. The second-order valence-electron chi connectivity index (χ2n) is 9.55. The van der Waals surface area contributed by atoms with Gasteiger partial charge in [0.2, 0.25) is 5.91 Å². The number of carbonyl (C=O) groups excluding carboxylic acids is 1. The first-order valence-corrected chi connectivity index (χ1v) is 10.3. The third-order valence-electron chi connectivity index (χ3n) is 6.32. The Labute approximate surface area is 150 Å². The largest absolute Gasteiger partial charge is 0.342 e. The molecule has 2 heterocycles. The van der Waals surface area contributed by atoms with Gasteiger partial charge in [-0.1, -0.05) is 34.6 Å². The summed E-state index contributed by atoms with van der Waals surface area (Å²) in [5, 5.41) is 0. The van der Waals surface area contributed by atoms with Crippen LogP contribution < -0.4 is 0 Å². The molecule has 0 aliphatic carbocycles. The second-order valence-corrected chi connectivity index (χ2v) is 9.55. The van der Waals surface area contributed by atoms with Crippen LogP contribution >= 0.6 is 0 Å². The fourth-order valence-electron chi connectivity index (χ4n) is 4.43. The molecule has 0 atom stereocenters. The van der Waals surface area contributed by atoms with E-state index in [0.29, 0.717) is 11.3 Å². The molecule has 0 unspecified atom stereocenters. The van der Waals surface area contributed by atoms with Crippen LogP contribution in [0.5, 0.6) is 0 Å². The lowest BCUT2D eigenvalue weighted by atomic mass is 9.75. The van der Waals surface area contributed by atoms with Gasteiger partial charge in [-0.05, 0) is 75.4 Å². The molecule has 0 radical (unpaired) electrons. The number of amides is 1. The van der Waals surface area contributed by atoms with E-state index in [2.05, 4.69) is 30.6 Å². The first kappa shape index (κ1) is 19.8. The number of nitrogens with zero attached hydrogens (tertiary/aromatic N) is 2. The Bertz CT molecular complexity index is 383. The summed E-state index contributed by atoms with van der Waals surface area (Å²) in [5.74, 6) is 2.23. The molecular formula is C21H40N2O. The molecule has 2 fully saturated rings. The molecule has 2 aliphatic rings. The molecule has 3 heteroatoms. The molecule has 0 bridgehead atoms. The summed E-state index contributed by atoms with van der Waals surface area (Å²) in [7, 11) is 0. The average Bonchev–Trinajstić information content (AvgIpc) is 2.54. The number of likely N-dealkylation sites (tertiary alicyclic amines) is 2. The molecule has 2 saturated heterocycles. The zero-order chi connectivity index (χ0) is 17.7. The molecule has 24 heavy (non-hydrogen) atoms. The van der Waals surface area contributed by atoms with E-state index in [1.807, 2.05) is 13.8 Å². The highest BCUT2D eigenvalue weighted by Gasteiger charge is 2.29. The molecule has 0 spiro atoms. The van der Waals surface area contributed by atoms with Crippen molar-refractivity contribution >= 4 is 5.91 Å². The van der Waals surface area contributed by atoms with Gasteiger partial charge in [0.05, 0.1) is 0 Å². The molecule has 0 aromatic heterocycles. The van der Waals surface area contributed by atoms with Crippen molar-refractivity contribution in [2.45, 2.75) is 73.1 Å². The number of hydrogen-bond acceptors (Lipinski definition) is 2. The van der Waals surface area contributed by atoms with Crippen molar-refractivity contribution in [3.05, 3.63) is 0 Å². The summed E-state index contributed by atoms with van der Waals surface area (Å²) >= 11 is 0. The summed E-state index contributed by atoms with van der Waals surface area (Å²) in [6, 6.07) is 0. The predicted molar refractivity (Wildman–Crippen MR) is 102 cm³/mol. The van der Waals surface area contributed by atoms with E-state index in [4.69, 9.17) is 0 Å². The summed E-state index contributed by atoms with van der Waals surface area (Å²) < 4.78 is 0. The fourth-order valence-corrected chi connectivity index (χ4v) is 4.43. The molecule has 1 amide bonds. The molecular weight excluding hydrogens is 296 g/mol. The van der Waals surface area contributed by atoms with Crippen LogP contribution in [-0.2, 0) is 4.79 Å². The van der Waals surface area contributed by atoms with Crippen LogP contribution in [0.3, 0.4) is 0 Å². The Morgan fingerprint density at radius 1 is 1.00 bits per heavy atom. The monoisotopic (exact) mass is 336 g/mol. The molecule has 3 nitrogen and oxygen atoms in total. The van der Waals surface area contributed by atoms with Crippen molar-refractivity contribution in [3.8, 4) is 0 Å². The minimum atomic E-state index is 0.151. The standard InChI is InChI=1S/C21H40N2O/c1-17(2)20(24)23-15-8-18(9-16-23)7-6-12-22-13-10-19(11-14-22)21(3,4)5/h17-19H,6-16H2,1-5H3. The van der Waals surface area contributed by atoms with Crippen molar-refractivity contribution < 1.29 is 4.79 Å². The quantitative estimate of drug-likeness (QED) is 0.742. The van der Waals surface area contributed by atoms with Crippen LogP contribution in [0, 0.1) is 23.2 Å². The van der Waals surface area contributed by atoms with Gasteiger partial charge in [0.25, 0.3) is 0 Å². The second kappa shape index (κ2) is 8.69. The number of rotatable bonds is 5. The van der Waals surface area contributed by atoms with E-state index >= 15 is 0 Å². The van der Waals surface area contributed by atoms with E-state index in [-0.39, 0.29) is 5.92 Å². The van der Waals surface area contributed by atoms with Crippen molar-refractivity contribution in [2.75, 3.05) is 32.7 Å². The molecule has 0 saturated carbocycles. The van der Waals surface area contributed by atoms with Crippen molar-refractivity contribution in [2.24, 2.45) is 23.2 Å². The van der Waals surface area contributed by atoms with Crippen molar-refractivity contribution in [1.29, 1.82) is 0 Å². The van der Waals surface area contributed by atoms with E-state index in [9.17, 15) is 4.79 Å². The predicted octanol–water partition coefficient (Wildman–Crippen LogP) is 4.42. The number of piperidine rings is 2. The first-order valence-electron chi connectivity index (χ1n) is 10.3. The Balaban J connectivity index is 1.59. The smallest absolute Gasteiger partial charge is 0.225 e. The summed E-state index contributed by atoms with van der Waals surface area (Å²) in [5.41, 5.74) is 0.480. The lowest BCUT2D eigenvalue weighted by Gasteiger charge is -2.39. The minimum Gasteiger partial charge on any atom is -0.342 e. The minimum absolute atomic E-state index is 0.151. The van der Waals surface area contributed by atoms with Crippen molar-refractivity contribution in [3.63, 3.8) is 0 Å². The van der Waals surface area contributed by atoms with Gasteiger partial charge < -0.3 is 9.80 Å². The Morgan fingerprint density at radius 3 is 2.08 bits per heavy atom. The average molecular weight is 337 g/mol. The highest BCUT2D eigenvalue weighted by molar-refractivity contribution is 5.78. The summed E-state index contributed by atoms with van der Waals surface area (Å²) in [6.45, 7) is 17.0. The van der Waals surface area contributed by atoms with Crippen LogP contribution in [0.4, 0.5) is 0 Å². The van der Waals surface area contributed by atoms with Gasteiger partial charge in [-0.3, -0.25) is 4.79 Å². The topological polar surface area (TPSA) is 23.6 Å². The van der Waals surface area contributed by atoms with E-state index in [1.54, 1.807) is 0 Å². The number of hydrogen-bond donors (Lipinski definition) is 0. The Hall–Kier alpha value is -0.570. The normalized spacial score (nSPS) is 22.3. The van der Waals surface area contributed by atoms with Gasteiger partial charge in [-0.2, -0.15) is 0 Å². The molecule has 2 aliphatic heterocycles. The van der Waals surface area contributed by atoms with Gasteiger partial charge in [0.1, 0.15) is 0 Å². The van der Waals surface area contributed by atoms with E-state index in [0.717, 1.165) is 24.9 Å². The highest BCUT2D eigenvalue weighted by Crippen LogP contribution is 2.34. The third-order valence-corrected chi connectivity index (χ3v) is 6.32. The van der Waals surface area contributed by atoms with Gasteiger partial charge in [-0.25, -0.2) is 0 Å². The van der Waals surface area contributed by atoms with E-state index in [1.165, 1.54) is 58.2 Å². The molecule has 0 aromatic carbocycles. The van der Waals surface area contributed by atoms with Crippen LogP contribution in [0.15, 0.2) is 0 Å². The molecule has 0 N–H and O–H groups in total. The highest BCUT2D eigenvalue weighted by atomic mass is 16.2. The SMILES string of the molecule is CC(C)C(=O)N1CCC(CCCN2CCC(C(C)(C)C)CC2)CC1. The van der Waals surface area contributed by atoms with Gasteiger partial charge >= 0.3 is 0 Å². The zero-order valence-electron chi connectivity index (χ0n) is 16.8. The molecule has 2 rings (SSSR count). The van der Waals surface area contributed by atoms with Crippen LogP contribution in [-0.4, -0.2) is 48.4 Å². The van der Waals surface area contributed by atoms with Crippen LogP contribution in [0.25, 0.3) is 0 Å². The molecule has 140 valence electrons. The number of carbonyl (C=O) groups is 1. The maximum Gasteiger partial charge on any atom is 0.225 e. The zero-order valence-corrected chi connectivity index (χ0v) is 16.8. The maximum absolute atomic E-state index is 12.0. The summed E-state index contributed by atoms with van der Waals surface area (Å²) in [4.78, 5) is 16.8. The third kappa shape index (κ3) is 5.75. The Morgan fingerprint density at radius 2 is 1.58 bits per heavy atom. The lowest BCUT2D eigenvalue weighted by molar-refractivity contribution is -0.135. The van der Waals surface area contributed by atoms with Gasteiger partial charge in [0, 0.05) is 19.0 Å². The molecule has 0 aromatic rings. The van der Waals surface area contributed by atoms with Crippen molar-refractivity contribution in [1.82, 2.24) is 9.80 Å². The Kier molecular flexibility index (Phi) is 7.15. The van der Waals surface area contributed by atoms with Gasteiger partial charge in [0.15, 0.2) is 0 Å². The van der Waals surface area contributed by atoms with Crippen LogP contribution in [0.2, 0.25) is 0 Å². The van der Waals surface area contributed by atoms with E-state index < -0.39 is 0 Å². The van der Waals surface area contributed by atoms with Gasteiger partial charge in [-0.15, -0.1) is 0 Å². The maximum atomic E-state index is 12.0.